The monoisotopic (exact) mass is 409 g/mol. The molecule has 1 heterocycles. The van der Waals surface area contributed by atoms with Gasteiger partial charge in [-0.25, -0.2) is 9.78 Å². The summed E-state index contributed by atoms with van der Waals surface area (Å²) in [7, 11) is 0. The van der Waals surface area contributed by atoms with Crippen LogP contribution in [0, 0.1) is 0 Å². The molecule has 29 heavy (non-hydrogen) atoms. The van der Waals surface area contributed by atoms with Gasteiger partial charge < -0.3 is 14.2 Å². The molecule has 0 aliphatic heterocycles. The van der Waals surface area contributed by atoms with E-state index in [4.69, 9.17) is 25.8 Å². The van der Waals surface area contributed by atoms with Crippen molar-refractivity contribution in [3.05, 3.63) is 89.1 Å². The van der Waals surface area contributed by atoms with Crippen molar-refractivity contribution in [3.63, 3.8) is 0 Å². The lowest BCUT2D eigenvalue weighted by atomic mass is 10.2. The Morgan fingerprint density at radius 1 is 1.03 bits per heavy atom. The number of hydrogen-bond acceptors (Lipinski definition) is 5. The van der Waals surface area contributed by atoms with Crippen LogP contribution in [-0.2, 0) is 16.1 Å². The Balaban J connectivity index is 1.54. The van der Waals surface area contributed by atoms with E-state index in [2.05, 4.69) is 4.98 Å². The van der Waals surface area contributed by atoms with Gasteiger partial charge in [0.05, 0.1) is 12.8 Å². The number of aromatic nitrogens is 1. The largest absolute Gasteiger partial charge is 0.487 e. The first-order valence-corrected chi connectivity index (χ1v) is 9.47. The number of carbonyl (C=O) groups excluding carboxylic acids is 1. The average molecular weight is 410 g/mol. The van der Waals surface area contributed by atoms with Gasteiger partial charge in [0.2, 0.25) is 5.88 Å². The van der Waals surface area contributed by atoms with E-state index < -0.39 is 0 Å². The van der Waals surface area contributed by atoms with E-state index in [1.54, 1.807) is 43.5 Å². The van der Waals surface area contributed by atoms with Gasteiger partial charge in [-0.3, -0.25) is 0 Å². The molecule has 0 N–H and O–H groups in total. The minimum absolute atomic E-state index is 0.354. The van der Waals surface area contributed by atoms with Crippen LogP contribution in [0.15, 0.2) is 72.9 Å². The van der Waals surface area contributed by atoms with Crippen LogP contribution in [0.3, 0.4) is 0 Å². The predicted octanol–water partition coefficient (Wildman–Crippen LogP) is 5.68. The maximum Gasteiger partial charge on any atom is 0.330 e. The van der Waals surface area contributed by atoms with E-state index in [1.807, 2.05) is 36.4 Å². The number of benzene rings is 2. The lowest BCUT2D eigenvalue weighted by Crippen LogP contribution is -1.98. The minimum Gasteiger partial charge on any atom is -0.487 e. The Bertz CT molecular complexity index is 969. The molecular formula is C23H20ClNO4. The molecule has 0 radical (unpaired) electrons. The molecule has 0 atom stereocenters. The Labute approximate surface area is 174 Å². The van der Waals surface area contributed by atoms with Crippen molar-refractivity contribution in [3.8, 4) is 17.4 Å². The number of pyridine rings is 1. The first-order chi connectivity index (χ1) is 14.1. The second-order valence-corrected chi connectivity index (χ2v) is 6.38. The van der Waals surface area contributed by atoms with Crippen molar-refractivity contribution >= 4 is 23.6 Å². The third kappa shape index (κ3) is 6.36. The van der Waals surface area contributed by atoms with Crippen molar-refractivity contribution in [1.29, 1.82) is 0 Å². The highest BCUT2D eigenvalue weighted by atomic mass is 35.5. The van der Waals surface area contributed by atoms with Gasteiger partial charge >= 0.3 is 5.97 Å². The molecule has 3 rings (SSSR count). The van der Waals surface area contributed by atoms with E-state index in [9.17, 15) is 4.79 Å². The first kappa shape index (κ1) is 20.4. The van der Waals surface area contributed by atoms with Crippen molar-refractivity contribution in [2.45, 2.75) is 13.5 Å². The maximum atomic E-state index is 11.3. The van der Waals surface area contributed by atoms with Crippen LogP contribution in [0.4, 0.5) is 0 Å². The second-order valence-electron chi connectivity index (χ2n) is 5.97. The zero-order chi connectivity index (χ0) is 20.5. The SMILES string of the molecule is CCOC(=O)/C=C/c1ccc(Oc2ccc(OCc3ccccc3Cl)cn2)cc1. The van der Waals surface area contributed by atoms with Crippen LogP contribution in [-0.4, -0.2) is 17.6 Å². The van der Waals surface area contributed by atoms with Crippen molar-refractivity contribution in [1.82, 2.24) is 4.98 Å². The summed E-state index contributed by atoms with van der Waals surface area (Å²) in [5.41, 5.74) is 1.77. The Kier molecular flexibility index (Phi) is 7.25. The van der Waals surface area contributed by atoms with Gasteiger partial charge in [0, 0.05) is 22.7 Å². The molecule has 0 aliphatic carbocycles. The third-order valence-corrected chi connectivity index (χ3v) is 4.23. The van der Waals surface area contributed by atoms with Crippen LogP contribution in [0.25, 0.3) is 6.08 Å². The summed E-state index contributed by atoms with van der Waals surface area (Å²) in [6.07, 6.45) is 4.68. The minimum atomic E-state index is -0.367. The third-order valence-electron chi connectivity index (χ3n) is 3.86. The van der Waals surface area contributed by atoms with Crippen LogP contribution >= 0.6 is 11.6 Å². The molecule has 0 unspecified atom stereocenters. The zero-order valence-corrected chi connectivity index (χ0v) is 16.6. The summed E-state index contributed by atoms with van der Waals surface area (Å²) >= 11 is 6.12. The molecule has 3 aromatic rings. The Morgan fingerprint density at radius 2 is 1.79 bits per heavy atom. The summed E-state index contributed by atoms with van der Waals surface area (Å²) in [4.78, 5) is 15.6. The molecule has 1 aromatic heterocycles. The molecule has 5 nitrogen and oxygen atoms in total. The Hall–Kier alpha value is -3.31. The quantitative estimate of drug-likeness (QED) is 0.353. The molecule has 0 amide bonds. The number of ether oxygens (including phenoxy) is 3. The van der Waals surface area contributed by atoms with Crippen LogP contribution in [0.5, 0.6) is 17.4 Å². The van der Waals surface area contributed by atoms with Gasteiger partial charge in [-0.1, -0.05) is 41.9 Å². The number of hydrogen-bond donors (Lipinski definition) is 0. The van der Waals surface area contributed by atoms with E-state index >= 15 is 0 Å². The zero-order valence-electron chi connectivity index (χ0n) is 15.9. The number of nitrogens with zero attached hydrogens (tertiary/aromatic N) is 1. The molecule has 0 bridgehead atoms. The molecule has 0 fully saturated rings. The number of rotatable bonds is 8. The van der Waals surface area contributed by atoms with E-state index in [0.717, 1.165) is 11.1 Å². The summed E-state index contributed by atoms with van der Waals surface area (Å²) in [5, 5.41) is 0.668. The molecule has 0 saturated carbocycles. The fraction of sp³-hybridized carbons (Fsp3) is 0.130. The highest BCUT2D eigenvalue weighted by Gasteiger charge is 2.03. The summed E-state index contributed by atoms with van der Waals surface area (Å²) < 4.78 is 16.3. The van der Waals surface area contributed by atoms with Gasteiger partial charge in [-0.2, -0.15) is 0 Å². The molecule has 0 saturated heterocycles. The predicted molar refractivity (Wildman–Crippen MR) is 112 cm³/mol. The van der Waals surface area contributed by atoms with Crippen molar-refractivity contribution in [2.24, 2.45) is 0 Å². The smallest absolute Gasteiger partial charge is 0.330 e. The van der Waals surface area contributed by atoms with Crippen LogP contribution in [0.2, 0.25) is 5.02 Å². The Morgan fingerprint density at radius 3 is 2.48 bits per heavy atom. The molecule has 148 valence electrons. The molecule has 6 heteroatoms. The second kappa shape index (κ2) is 10.3. The number of halogens is 1. The van der Waals surface area contributed by atoms with Gasteiger partial charge in [0.1, 0.15) is 18.1 Å². The van der Waals surface area contributed by atoms with Crippen molar-refractivity contribution < 1.29 is 19.0 Å². The molecule has 0 spiro atoms. The van der Waals surface area contributed by atoms with E-state index in [-0.39, 0.29) is 5.97 Å². The normalized spacial score (nSPS) is 10.7. The summed E-state index contributed by atoms with van der Waals surface area (Å²) in [5.74, 6) is 1.34. The van der Waals surface area contributed by atoms with E-state index in [1.165, 1.54) is 6.08 Å². The number of carbonyl (C=O) groups is 1. The maximum absolute atomic E-state index is 11.3. The average Bonchev–Trinajstić information content (AvgIpc) is 2.74. The van der Waals surface area contributed by atoms with E-state index in [0.29, 0.717) is 35.6 Å². The van der Waals surface area contributed by atoms with Gasteiger partial charge in [0.15, 0.2) is 0 Å². The fourth-order valence-electron chi connectivity index (χ4n) is 2.41. The van der Waals surface area contributed by atoms with Gasteiger partial charge in [0.25, 0.3) is 0 Å². The first-order valence-electron chi connectivity index (χ1n) is 9.09. The van der Waals surface area contributed by atoms with Gasteiger partial charge in [-0.15, -0.1) is 0 Å². The van der Waals surface area contributed by atoms with Gasteiger partial charge in [-0.05, 0) is 42.8 Å². The fourth-order valence-corrected chi connectivity index (χ4v) is 2.60. The standard InChI is InChI=1S/C23H20ClNO4/c1-2-27-23(26)14-9-17-7-10-19(11-8-17)29-22-13-12-20(15-25-22)28-16-18-5-3-4-6-21(18)24/h3-15H,2,16H2,1H3/b14-9+. The molecule has 2 aromatic carbocycles. The van der Waals surface area contributed by atoms with Crippen LogP contribution in [0.1, 0.15) is 18.1 Å². The summed E-state index contributed by atoms with van der Waals surface area (Å²) in [6, 6.07) is 18.3. The van der Waals surface area contributed by atoms with Crippen molar-refractivity contribution in [2.75, 3.05) is 6.61 Å². The summed E-state index contributed by atoms with van der Waals surface area (Å²) in [6.45, 7) is 2.48. The molecular weight excluding hydrogens is 390 g/mol. The topological polar surface area (TPSA) is 57.7 Å². The van der Waals surface area contributed by atoms with Crippen LogP contribution < -0.4 is 9.47 Å². The highest BCUT2D eigenvalue weighted by Crippen LogP contribution is 2.23. The number of esters is 1. The molecule has 0 aliphatic rings. The lowest BCUT2D eigenvalue weighted by molar-refractivity contribution is -0.137. The lowest BCUT2D eigenvalue weighted by Gasteiger charge is -2.09. The highest BCUT2D eigenvalue weighted by molar-refractivity contribution is 6.31.